The van der Waals surface area contributed by atoms with E-state index in [4.69, 9.17) is 8.94 Å². The zero-order valence-corrected chi connectivity index (χ0v) is 11.9. The highest BCUT2D eigenvalue weighted by Gasteiger charge is 2.16. The summed E-state index contributed by atoms with van der Waals surface area (Å²) in [5.41, 5.74) is 1.86. The predicted octanol–water partition coefficient (Wildman–Crippen LogP) is 4.13. The van der Waals surface area contributed by atoms with Gasteiger partial charge in [0.15, 0.2) is 11.5 Å². The van der Waals surface area contributed by atoms with Crippen molar-refractivity contribution in [3.8, 4) is 22.8 Å². The zero-order chi connectivity index (χ0) is 16.0. The van der Waals surface area contributed by atoms with Gasteiger partial charge in [-0.2, -0.15) is 4.98 Å². The lowest BCUT2D eigenvalue weighted by Crippen LogP contribution is -1.87. The zero-order valence-electron chi connectivity index (χ0n) is 11.9. The second kappa shape index (κ2) is 4.98. The van der Waals surface area contributed by atoms with Crippen LogP contribution in [0.2, 0.25) is 0 Å². The van der Waals surface area contributed by atoms with Gasteiger partial charge in [0.05, 0.1) is 5.56 Å². The highest BCUT2D eigenvalue weighted by atomic mass is 19.1. The van der Waals surface area contributed by atoms with Crippen LogP contribution in [0.5, 0.6) is 0 Å². The number of oxazole rings is 1. The number of benzene rings is 2. The van der Waals surface area contributed by atoms with Crippen LogP contribution in [0.15, 0.2) is 45.3 Å². The van der Waals surface area contributed by atoms with E-state index in [0.717, 1.165) is 18.2 Å². The van der Waals surface area contributed by atoms with Crippen molar-refractivity contribution in [3.05, 3.63) is 53.9 Å². The van der Waals surface area contributed by atoms with E-state index in [-0.39, 0.29) is 17.3 Å². The topological polar surface area (TPSA) is 65.0 Å². The Labute approximate surface area is 128 Å². The van der Waals surface area contributed by atoms with E-state index in [1.165, 1.54) is 0 Å². The molecule has 23 heavy (non-hydrogen) atoms. The summed E-state index contributed by atoms with van der Waals surface area (Å²) in [6.07, 6.45) is 0. The molecule has 4 aromatic rings. The Bertz CT molecular complexity index is 1020. The largest absolute Gasteiger partial charge is 0.441 e. The van der Waals surface area contributed by atoms with E-state index in [2.05, 4.69) is 15.1 Å². The summed E-state index contributed by atoms with van der Waals surface area (Å²) in [6, 6.07) is 8.27. The Morgan fingerprint density at radius 3 is 2.74 bits per heavy atom. The molecule has 0 amide bonds. The van der Waals surface area contributed by atoms with E-state index in [9.17, 15) is 8.78 Å². The van der Waals surface area contributed by atoms with Gasteiger partial charge in [0, 0.05) is 12.5 Å². The molecular formula is C16H9F2N3O2. The average molecular weight is 313 g/mol. The summed E-state index contributed by atoms with van der Waals surface area (Å²) < 4.78 is 37.5. The predicted molar refractivity (Wildman–Crippen MR) is 77.4 cm³/mol. The quantitative estimate of drug-likeness (QED) is 0.556. The van der Waals surface area contributed by atoms with Crippen LogP contribution in [-0.4, -0.2) is 15.1 Å². The molecule has 114 valence electrons. The van der Waals surface area contributed by atoms with Gasteiger partial charge in [-0.25, -0.2) is 13.8 Å². The standard InChI is InChI=1S/C16H9F2N3O2/c1-8-19-13-6-9(2-5-14(13)22-8)15-20-16(23-21-15)11-7-10(17)3-4-12(11)18/h2-7H,1H3. The minimum absolute atomic E-state index is 0.0814. The van der Waals surface area contributed by atoms with E-state index in [1.807, 2.05) is 0 Å². The molecule has 0 bridgehead atoms. The fourth-order valence-corrected chi connectivity index (χ4v) is 2.29. The van der Waals surface area contributed by atoms with Crippen LogP contribution in [0.3, 0.4) is 0 Å². The third kappa shape index (κ3) is 2.36. The Morgan fingerprint density at radius 1 is 1.00 bits per heavy atom. The fourth-order valence-electron chi connectivity index (χ4n) is 2.29. The number of hydrogen-bond acceptors (Lipinski definition) is 5. The first-order valence-corrected chi connectivity index (χ1v) is 6.77. The molecule has 7 heteroatoms. The normalized spacial score (nSPS) is 11.3. The summed E-state index contributed by atoms with van der Waals surface area (Å²) in [5.74, 6) is -0.503. The Morgan fingerprint density at radius 2 is 1.87 bits per heavy atom. The summed E-state index contributed by atoms with van der Waals surface area (Å²) in [7, 11) is 0. The second-order valence-electron chi connectivity index (χ2n) is 4.96. The van der Waals surface area contributed by atoms with Gasteiger partial charge in [0.1, 0.15) is 17.2 Å². The van der Waals surface area contributed by atoms with Crippen LogP contribution >= 0.6 is 0 Å². The smallest absolute Gasteiger partial charge is 0.261 e. The fraction of sp³-hybridized carbons (Fsp3) is 0.0625. The highest BCUT2D eigenvalue weighted by molar-refractivity contribution is 5.78. The summed E-state index contributed by atoms with van der Waals surface area (Å²) in [6.45, 7) is 1.75. The number of nitrogens with zero attached hydrogens (tertiary/aromatic N) is 3. The minimum atomic E-state index is -0.635. The summed E-state index contributed by atoms with van der Waals surface area (Å²) in [5, 5.41) is 3.81. The molecular weight excluding hydrogens is 304 g/mol. The van der Waals surface area contributed by atoms with Gasteiger partial charge in [-0.15, -0.1) is 0 Å². The first kappa shape index (κ1) is 13.6. The number of fused-ring (bicyclic) bond motifs is 1. The first-order chi connectivity index (χ1) is 11.1. The molecule has 0 spiro atoms. The molecule has 0 fully saturated rings. The van der Waals surface area contributed by atoms with Gasteiger partial charge < -0.3 is 8.94 Å². The van der Waals surface area contributed by atoms with Crippen molar-refractivity contribution in [2.75, 3.05) is 0 Å². The highest BCUT2D eigenvalue weighted by Crippen LogP contribution is 2.27. The van der Waals surface area contributed by atoms with Gasteiger partial charge in [0.2, 0.25) is 5.82 Å². The molecule has 0 aliphatic heterocycles. The van der Waals surface area contributed by atoms with Crippen molar-refractivity contribution in [2.45, 2.75) is 6.92 Å². The van der Waals surface area contributed by atoms with Crippen LogP contribution in [0.1, 0.15) is 5.89 Å². The first-order valence-electron chi connectivity index (χ1n) is 6.77. The van der Waals surface area contributed by atoms with Gasteiger partial charge in [-0.1, -0.05) is 5.16 Å². The molecule has 0 saturated carbocycles. The van der Waals surface area contributed by atoms with Crippen molar-refractivity contribution < 1.29 is 17.7 Å². The number of rotatable bonds is 2. The van der Waals surface area contributed by atoms with E-state index in [0.29, 0.717) is 22.6 Å². The molecule has 0 unspecified atom stereocenters. The molecule has 0 atom stereocenters. The van der Waals surface area contributed by atoms with Gasteiger partial charge >= 0.3 is 0 Å². The molecule has 0 aliphatic carbocycles. The maximum atomic E-state index is 13.8. The third-order valence-electron chi connectivity index (χ3n) is 3.34. The lowest BCUT2D eigenvalue weighted by atomic mass is 10.2. The van der Waals surface area contributed by atoms with Gasteiger partial charge in [-0.3, -0.25) is 0 Å². The molecule has 0 N–H and O–H groups in total. The van der Waals surface area contributed by atoms with Gasteiger partial charge in [-0.05, 0) is 36.4 Å². The molecule has 2 aromatic carbocycles. The van der Waals surface area contributed by atoms with Crippen LogP contribution in [0.25, 0.3) is 33.9 Å². The van der Waals surface area contributed by atoms with Gasteiger partial charge in [0.25, 0.3) is 5.89 Å². The minimum Gasteiger partial charge on any atom is -0.441 e. The number of hydrogen-bond donors (Lipinski definition) is 0. The monoisotopic (exact) mass is 313 g/mol. The lowest BCUT2D eigenvalue weighted by Gasteiger charge is -1.96. The Balaban J connectivity index is 1.78. The van der Waals surface area contributed by atoms with Crippen molar-refractivity contribution >= 4 is 11.1 Å². The third-order valence-corrected chi connectivity index (χ3v) is 3.34. The van der Waals surface area contributed by atoms with E-state index < -0.39 is 11.6 Å². The van der Waals surface area contributed by atoms with E-state index >= 15 is 0 Å². The van der Waals surface area contributed by atoms with Crippen LogP contribution in [0, 0.1) is 18.6 Å². The van der Waals surface area contributed by atoms with Crippen molar-refractivity contribution in [3.63, 3.8) is 0 Å². The second-order valence-corrected chi connectivity index (χ2v) is 4.96. The van der Waals surface area contributed by atoms with E-state index in [1.54, 1.807) is 25.1 Å². The van der Waals surface area contributed by atoms with Crippen molar-refractivity contribution in [2.24, 2.45) is 0 Å². The average Bonchev–Trinajstić information content (AvgIpc) is 3.14. The number of aryl methyl sites for hydroxylation is 1. The van der Waals surface area contributed by atoms with Crippen molar-refractivity contribution in [1.82, 2.24) is 15.1 Å². The summed E-state index contributed by atoms with van der Waals surface area (Å²) >= 11 is 0. The number of aromatic nitrogens is 3. The molecule has 0 radical (unpaired) electrons. The Hall–Kier alpha value is -3.09. The summed E-state index contributed by atoms with van der Waals surface area (Å²) in [4.78, 5) is 8.35. The number of halogens is 2. The molecule has 0 saturated heterocycles. The molecule has 5 nitrogen and oxygen atoms in total. The SMILES string of the molecule is Cc1nc2cc(-c3noc(-c4cc(F)ccc4F)n3)ccc2o1. The van der Waals surface area contributed by atoms with Crippen LogP contribution in [-0.2, 0) is 0 Å². The Kier molecular flexibility index (Phi) is 2.94. The maximum absolute atomic E-state index is 13.8. The van der Waals surface area contributed by atoms with Crippen LogP contribution in [0.4, 0.5) is 8.78 Å². The molecule has 0 aliphatic rings. The molecule has 2 aromatic heterocycles. The van der Waals surface area contributed by atoms with Crippen LogP contribution < -0.4 is 0 Å². The van der Waals surface area contributed by atoms with Crippen molar-refractivity contribution in [1.29, 1.82) is 0 Å². The molecule has 2 heterocycles. The maximum Gasteiger partial charge on any atom is 0.261 e. The lowest BCUT2D eigenvalue weighted by molar-refractivity contribution is 0.429. The molecule has 4 rings (SSSR count).